The van der Waals surface area contributed by atoms with Gasteiger partial charge in [0.1, 0.15) is 18.7 Å². The SMILES string of the molecule is N#CCCCC(NC(=O)OCC1c2ccccc2-c2ccccc21)C(=O)N1CSCC1C(=O)O. The van der Waals surface area contributed by atoms with E-state index in [1.807, 2.05) is 54.6 Å². The number of nitrogens with one attached hydrogen (secondary N) is 1. The van der Waals surface area contributed by atoms with Crippen LogP contribution < -0.4 is 5.32 Å². The lowest BCUT2D eigenvalue weighted by atomic mass is 9.98. The van der Waals surface area contributed by atoms with E-state index < -0.39 is 30.1 Å². The number of thioether (sulfide) groups is 1. The summed E-state index contributed by atoms with van der Waals surface area (Å²) in [6.07, 6.45) is 0.114. The fourth-order valence-electron chi connectivity index (χ4n) is 4.49. The number of unbranched alkanes of at least 4 members (excludes halogenated alkanes) is 1. The average Bonchev–Trinajstić information content (AvgIpc) is 3.45. The van der Waals surface area contributed by atoms with Crippen molar-refractivity contribution < 1.29 is 24.2 Å². The first-order valence-corrected chi connectivity index (χ1v) is 12.3. The van der Waals surface area contributed by atoms with Gasteiger partial charge in [-0.15, -0.1) is 11.8 Å². The summed E-state index contributed by atoms with van der Waals surface area (Å²) in [5, 5.41) is 20.9. The number of carboxylic acid groups (broad SMARTS) is 1. The van der Waals surface area contributed by atoms with Crippen LogP contribution in [0, 0.1) is 11.3 Å². The number of fused-ring (bicyclic) bond motifs is 3. The Kier molecular flexibility index (Phi) is 7.38. The lowest BCUT2D eigenvalue weighted by molar-refractivity contribution is -0.148. The number of aliphatic carboxylic acids is 1. The van der Waals surface area contributed by atoms with E-state index in [1.54, 1.807) is 0 Å². The highest BCUT2D eigenvalue weighted by Crippen LogP contribution is 2.44. The molecule has 1 fully saturated rings. The number of carboxylic acids is 1. The summed E-state index contributed by atoms with van der Waals surface area (Å²) < 4.78 is 5.56. The van der Waals surface area contributed by atoms with Crippen LogP contribution in [0.1, 0.15) is 36.3 Å². The van der Waals surface area contributed by atoms with Crippen molar-refractivity contribution >= 4 is 29.7 Å². The first-order valence-electron chi connectivity index (χ1n) is 11.1. The molecular formula is C25H25N3O5S. The predicted molar refractivity (Wildman–Crippen MR) is 127 cm³/mol. The molecule has 2 atom stereocenters. The van der Waals surface area contributed by atoms with E-state index in [4.69, 9.17) is 10.00 Å². The Bertz CT molecular complexity index is 1090. The third-order valence-electron chi connectivity index (χ3n) is 6.17. The third kappa shape index (κ3) is 4.87. The molecule has 2 amide bonds. The largest absolute Gasteiger partial charge is 0.480 e. The van der Waals surface area contributed by atoms with Gasteiger partial charge in [-0.1, -0.05) is 48.5 Å². The number of hydrogen-bond acceptors (Lipinski definition) is 6. The zero-order valence-corrected chi connectivity index (χ0v) is 19.3. The number of carbonyl (C=O) groups excluding carboxylic acids is 2. The number of nitriles is 1. The van der Waals surface area contributed by atoms with E-state index in [9.17, 15) is 19.5 Å². The Balaban J connectivity index is 1.44. The summed E-state index contributed by atoms with van der Waals surface area (Å²) in [5.74, 6) is -1.11. The number of ether oxygens (including phenoxy) is 1. The summed E-state index contributed by atoms with van der Waals surface area (Å²) in [4.78, 5) is 38.6. The number of hydrogen-bond donors (Lipinski definition) is 2. The van der Waals surface area contributed by atoms with Crippen molar-refractivity contribution in [1.82, 2.24) is 10.2 Å². The summed E-state index contributed by atoms with van der Waals surface area (Å²) in [7, 11) is 0. The lowest BCUT2D eigenvalue weighted by Crippen LogP contribution is -2.52. The van der Waals surface area contributed by atoms with Crippen LogP contribution in [0.4, 0.5) is 4.79 Å². The van der Waals surface area contributed by atoms with Gasteiger partial charge >= 0.3 is 12.1 Å². The second-order valence-corrected chi connectivity index (χ2v) is 9.23. The average molecular weight is 480 g/mol. The molecule has 0 bridgehead atoms. The molecule has 2 unspecified atom stereocenters. The van der Waals surface area contributed by atoms with Crippen molar-refractivity contribution in [3.63, 3.8) is 0 Å². The maximum atomic E-state index is 13.1. The first-order chi connectivity index (χ1) is 16.5. The first kappa shape index (κ1) is 23.6. The molecule has 2 aromatic rings. The van der Waals surface area contributed by atoms with Gasteiger partial charge in [0.05, 0.1) is 11.9 Å². The number of nitrogens with zero attached hydrogens (tertiary/aromatic N) is 2. The minimum Gasteiger partial charge on any atom is -0.480 e. The van der Waals surface area contributed by atoms with Gasteiger partial charge in [-0.3, -0.25) is 4.79 Å². The van der Waals surface area contributed by atoms with E-state index >= 15 is 0 Å². The molecule has 1 saturated heterocycles. The molecule has 1 aliphatic heterocycles. The molecule has 34 heavy (non-hydrogen) atoms. The Hall–Kier alpha value is -3.51. The lowest BCUT2D eigenvalue weighted by Gasteiger charge is -2.26. The molecule has 0 spiro atoms. The molecule has 1 aliphatic carbocycles. The van der Waals surface area contributed by atoms with Crippen molar-refractivity contribution in [3.05, 3.63) is 59.7 Å². The number of rotatable bonds is 8. The normalized spacial score (nSPS) is 17.4. The summed E-state index contributed by atoms with van der Waals surface area (Å²) in [6, 6.07) is 16.1. The van der Waals surface area contributed by atoms with E-state index in [2.05, 4.69) is 5.32 Å². The van der Waals surface area contributed by atoms with Crippen LogP contribution in [0.25, 0.3) is 11.1 Å². The molecule has 2 N–H and O–H groups in total. The smallest absolute Gasteiger partial charge is 0.407 e. The zero-order chi connectivity index (χ0) is 24.1. The third-order valence-corrected chi connectivity index (χ3v) is 7.18. The zero-order valence-electron chi connectivity index (χ0n) is 18.5. The van der Waals surface area contributed by atoms with E-state index in [0.717, 1.165) is 22.3 Å². The van der Waals surface area contributed by atoms with Gasteiger partial charge in [-0.2, -0.15) is 5.26 Å². The highest BCUT2D eigenvalue weighted by molar-refractivity contribution is 7.99. The van der Waals surface area contributed by atoms with Crippen LogP contribution >= 0.6 is 11.8 Å². The Morgan fingerprint density at radius 3 is 2.41 bits per heavy atom. The van der Waals surface area contributed by atoms with Gasteiger partial charge in [0.2, 0.25) is 5.91 Å². The van der Waals surface area contributed by atoms with Gasteiger partial charge in [0, 0.05) is 18.1 Å². The number of alkyl carbamates (subject to hydrolysis) is 1. The summed E-state index contributed by atoms with van der Waals surface area (Å²) in [5.41, 5.74) is 4.39. The van der Waals surface area contributed by atoms with E-state index in [0.29, 0.717) is 12.2 Å². The number of amides is 2. The van der Waals surface area contributed by atoms with Crippen molar-refractivity contribution in [2.24, 2.45) is 0 Å². The van der Waals surface area contributed by atoms with Crippen LogP contribution in [-0.2, 0) is 14.3 Å². The quantitative estimate of drug-likeness (QED) is 0.556. The molecular weight excluding hydrogens is 454 g/mol. The molecule has 8 nitrogen and oxygen atoms in total. The minimum atomic E-state index is -1.07. The molecule has 0 saturated carbocycles. The molecule has 2 aromatic carbocycles. The number of benzene rings is 2. The molecule has 9 heteroatoms. The molecule has 2 aliphatic rings. The van der Waals surface area contributed by atoms with E-state index in [-0.39, 0.29) is 31.2 Å². The molecule has 4 rings (SSSR count). The van der Waals surface area contributed by atoms with Crippen LogP contribution in [0.3, 0.4) is 0 Å². The van der Waals surface area contributed by atoms with Gasteiger partial charge in [0.25, 0.3) is 0 Å². The van der Waals surface area contributed by atoms with Crippen LogP contribution in [0.5, 0.6) is 0 Å². The number of carbonyl (C=O) groups is 3. The highest BCUT2D eigenvalue weighted by atomic mass is 32.2. The standard InChI is InChI=1S/C25H25N3O5S/c26-12-6-5-11-21(23(29)28-15-34-14-22(28)24(30)31)27-25(32)33-13-20-18-9-3-1-7-16(18)17-8-2-4-10-19(17)20/h1-4,7-10,20-22H,5-6,11,13-15H2,(H,27,32)(H,30,31). The van der Waals surface area contributed by atoms with Gasteiger partial charge < -0.3 is 20.1 Å². The molecule has 176 valence electrons. The van der Waals surface area contributed by atoms with Gasteiger partial charge in [-0.05, 0) is 35.1 Å². The van der Waals surface area contributed by atoms with Crippen molar-refractivity contribution in [1.29, 1.82) is 5.26 Å². The van der Waals surface area contributed by atoms with Crippen molar-refractivity contribution in [3.8, 4) is 17.2 Å². The highest BCUT2D eigenvalue weighted by Gasteiger charge is 2.38. The predicted octanol–water partition coefficient (Wildman–Crippen LogP) is 3.57. The summed E-state index contributed by atoms with van der Waals surface area (Å²) in [6.45, 7) is 0.107. The fraction of sp³-hybridized carbons (Fsp3) is 0.360. The van der Waals surface area contributed by atoms with Crippen LogP contribution in [0.2, 0.25) is 0 Å². The Labute approximate surface area is 201 Å². The van der Waals surface area contributed by atoms with Crippen LogP contribution in [0.15, 0.2) is 48.5 Å². The molecule has 0 radical (unpaired) electrons. The van der Waals surface area contributed by atoms with Crippen molar-refractivity contribution in [2.45, 2.75) is 37.3 Å². The maximum Gasteiger partial charge on any atom is 0.407 e. The molecule has 0 aromatic heterocycles. The van der Waals surface area contributed by atoms with Gasteiger partial charge in [-0.25, -0.2) is 9.59 Å². The maximum absolute atomic E-state index is 13.1. The second kappa shape index (κ2) is 10.6. The Morgan fingerprint density at radius 2 is 1.79 bits per heavy atom. The monoisotopic (exact) mass is 479 g/mol. The topological polar surface area (TPSA) is 120 Å². The molecule has 1 heterocycles. The van der Waals surface area contributed by atoms with E-state index in [1.165, 1.54) is 16.7 Å². The van der Waals surface area contributed by atoms with Gasteiger partial charge in [0.15, 0.2) is 0 Å². The second-order valence-electron chi connectivity index (χ2n) is 8.23. The fourth-order valence-corrected chi connectivity index (χ4v) is 5.64. The minimum absolute atomic E-state index is 0.107. The Morgan fingerprint density at radius 1 is 1.15 bits per heavy atom. The summed E-state index contributed by atoms with van der Waals surface area (Å²) >= 11 is 1.35. The van der Waals surface area contributed by atoms with Crippen LogP contribution in [-0.4, -0.2) is 58.3 Å². The van der Waals surface area contributed by atoms with Crippen molar-refractivity contribution in [2.75, 3.05) is 18.2 Å².